The molecule has 3 N–H and O–H groups in total. The van der Waals surface area contributed by atoms with Gasteiger partial charge in [0.25, 0.3) is 5.91 Å². The number of carbonyl (C=O) groups excluding carboxylic acids is 1. The van der Waals surface area contributed by atoms with Gasteiger partial charge in [-0.25, -0.2) is 0 Å². The number of nitrogens with zero attached hydrogens (tertiary/aromatic N) is 2. The van der Waals surface area contributed by atoms with Gasteiger partial charge in [-0.05, 0) is 50.6 Å². The number of benzene rings is 1. The summed E-state index contributed by atoms with van der Waals surface area (Å²) in [5, 5.41) is 3.42. The van der Waals surface area contributed by atoms with Gasteiger partial charge in [0.15, 0.2) is 0 Å². The largest absolute Gasteiger partial charge is 0.397 e. The summed E-state index contributed by atoms with van der Waals surface area (Å²) >= 11 is 0. The minimum absolute atomic E-state index is 0.0258. The van der Waals surface area contributed by atoms with Crippen LogP contribution in [0, 0.1) is 5.92 Å². The lowest BCUT2D eigenvalue weighted by atomic mass is 9.98. The van der Waals surface area contributed by atoms with Crippen molar-refractivity contribution in [2.45, 2.75) is 12.8 Å². The molecule has 1 aliphatic heterocycles. The van der Waals surface area contributed by atoms with E-state index in [9.17, 15) is 4.79 Å². The fourth-order valence-electron chi connectivity index (χ4n) is 2.81. The standard InChI is InChI=1S/C16H26N4O/c1-19(2)16(21)13-6-7-15(14(17)9-13)18-10-12-5-4-8-20(3)11-12/h6-7,9,12,18H,4-5,8,10-11,17H2,1-3H3. The number of nitrogens with two attached hydrogens (primary N) is 1. The van der Waals surface area contributed by atoms with Crippen LogP contribution in [0.3, 0.4) is 0 Å². The van der Waals surface area contributed by atoms with E-state index in [4.69, 9.17) is 5.73 Å². The summed E-state index contributed by atoms with van der Waals surface area (Å²) in [6.45, 7) is 3.25. The molecule has 0 radical (unpaired) electrons. The van der Waals surface area contributed by atoms with E-state index in [1.807, 2.05) is 12.1 Å². The van der Waals surface area contributed by atoms with Gasteiger partial charge < -0.3 is 20.9 Å². The Morgan fingerprint density at radius 3 is 2.86 bits per heavy atom. The predicted molar refractivity (Wildman–Crippen MR) is 87.6 cm³/mol. The quantitative estimate of drug-likeness (QED) is 0.829. The number of piperidine rings is 1. The Hall–Kier alpha value is -1.75. The first-order valence-corrected chi connectivity index (χ1v) is 7.51. The van der Waals surface area contributed by atoms with Crippen molar-refractivity contribution in [1.82, 2.24) is 9.80 Å². The Balaban J connectivity index is 1.96. The number of anilines is 2. The summed E-state index contributed by atoms with van der Waals surface area (Å²) in [7, 11) is 5.65. The van der Waals surface area contributed by atoms with E-state index >= 15 is 0 Å². The molecule has 0 aromatic heterocycles. The van der Waals surface area contributed by atoms with Crippen LogP contribution in [0.15, 0.2) is 18.2 Å². The fourth-order valence-corrected chi connectivity index (χ4v) is 2.81. The van der Waals surface area contributed by atoms with E-state index in [0.717, 1.165) is 18.8 Å². The summed E-state index contributed by atoms with van der Waals surface area (Å²) in [6.07, 6.45) is 2.52. The topological polar surface area (TPSA) is 61.6 Å². The van der Waals surface area contributed by atoms with Gasteiger partial charge in [0, 0.05) is 32.7 Å². The molecule has 2 rings (SSSR count). The zero-order valence-electron chi connectivity index (χ0n) is 13.2. The summed E-state index contributed by atoms with van der Waals surface area (Å²) in [5.41, 5.74) is 8.23. The highest BCUT2D eigenvalue weighted by molar-refractivity contribution is 5.95. The molecule has 1 saturated heterocycles. The molecule has 116 valence electrons. The van der Waals surface area contributed by atoms with Gasteiger partial charge in [0.05, 0.1) is 11.4 Å². The van der Waals surface area contributed by atoms with E-state index in [0.29, 0.717) is 17.2 Å². The number of nitrogen functional groups attached to an aromatic ring is 1. The average Bonchev–Trinajstić information content (AvgIpc) is 2.45. The minimum atomic E-state index is -0.0258. The van der Waals surface area contributed by atoms with Crippen molar-refractivity contribution < 1.29 is 4.79 Å². The third-order valence-corrected chi connectivity index (χ3v) is 4.01. The molecule has 1 fully saturated rings. The zero-order valence-corrected chi connectivity index (χ0v) is 13.2. The van der Waals surface area contributed by atoms with Crippen molar-refractivity contribution in [1.29, 1.82) is 0 Å². The molecule has 0 saturated carbocycles. The van der Waals surface area contributed by atoms with Crippen LogP contribution in [0.1, 0.15) is 23.2 Å². The molecule has 1 amide bonds. The first-order chi connectivity index (χ1) is 9.97. The molecular formula is C16H26N4O. The summed E-state index contributed by atoms with van der Waals surface area (Å²) in [6, 6.07) is 5.48. The molecule has 0 aliphatic carbocycles. The van der Waals surface area contributed by atoms with Crippen LogP contribution in [0.2, 0.25) is 0 Å². The van der Waals surface area contributed by atoms with Crippen LogP contribution >= 0.6 is 0 Å². The Morgan fingerprint density at radius 2 is 2.24 bits per heavy atom. The Kier molecular flexibility index (Phi) is 5.07. The maximum absolute atomic E-state index is 11.9. The van der Waals surface area contributed by atoms with Crippen LogP contribution in [0.5, 0.6) is 0 Å². The molecule has 1 heterocycles. The summed E-state index contributed by atoms with van der Waals surface area (Å²) in [5.74, 6) is 0.633. The van der Waals surface area contributed by atoms with E-state index in [-0.39, 0.29) is 5.91 Å². The third-order valence-electron chi connectivity index (χ3n) is 4.01. The molecule has 1 aliphatic rings. The molecule has 0 spiro atoms. The molecule has 1 aromatic carbocycles. The zero-order chi connectivity index (χ0) is 15.4. The maximum Gasteiger partial charge on any atom is 0.253 e. The van der Waals surface area contributed by atoms with Crippen molar-refractivity contribution in [3.8, 4) is 0 Å². The molecule has 21 heavy (non-hydrogen) atoms. The number of hydrogen-bond acceptors (Lipinski definition) is 4. The fraction of sp³-hybridized carbons (Fsp3) is 0.562. The Morgan fingerprint density at radius 1 is 1.48 bits per heavy atom. The average molecular weight is 290 g/mol. The molecular weight excluding hydrogens is 264 g/mol. The monoisotopic (exact) mass is 290 g/mol. The number of carbonyl (C=O) groups is 1. The number of hydrogen-bond donors (Lipinski definition) is 2. The molecule has 0 bridgehead atoms. The predicted octanol–water partition coefficient (Wildman–Crippen LogP) is 1.72. The lowest BCUT2D eigenvalue weighted by Crippen LogP contribution is -2.35. The lowest BCUT2D eigenvalue weighted by molar-refractivity contribution is 0.0827. The lowest BCUT2D eigenvalue weighted by Gasteiger charge is -2.30. The second-order valence-corrected chi connectivity index (χ2v) is 6.15. The van der Waals surface area contributed by atoms with Gasteiger partial charge in [-0.15, -0.1) is 0 Å². The highest BCUT2D eigenvalue weighted by atomic mass is 16.2. The first kappa shape index (κ1) is 15.6. The van der Waals surface area contributed by atoms with Gasteiger partial charge in [-0.1, -0.05) is 0 Å². The van der Waals surface area contributed by atoms with Crippen molar-refractivity contribution in [3.05, 3.63) is 23.8 Å². The summed E-state index contributed by atoms with van der Waals surface area (Å²) in [4.78, 5) is 15.8. The molecule has 5 heteroatoms. The number of rotatable bonds is 4. The Bertz CT molecular complexity index is 501. The number of nitrogens with one attached hydrogen (secondary N) is 1. The van der Waals surface area contributed by atoms with Crippen molar-refractivity contribution >= 4 is 17.3 Å². The van der Waals surface area contributed by atoms with E-state index in [1.54, 1.807) is 25.1 Å². The van der Waals surface area contributed by atoms with E-state index < -0.39 is 0 Å². The van der Waals surface area contributed by atoms with Crippen LogP contribution in [0.25, 0.3) is 0 Å². The smallest absolute Gasteiger partial charge is 0.253 e. The van der Waals surface area contributed by atoms with Gasteiger partial charge in [0.2, 0.25) is 0 Å². The van der Waals surface area contributed by atoms with Crippen LogP contribution in [0.4, 0.5) is 11.4 Å². The Labute approximate surface area is 127 Å². The van der Waals surface area contributed by atoms with Crippen molar-refractivity contribution in [2.24, 2.45) is 5.92 Å². The normalized spacial score (nSPS) is 19.3. The van der Waals surface area contributed by atoms with E-state index in [1.165, 1.54) is 19.4 Å². The molecule has 1 aromatic rings. The minimum Gasteiger partial charge on any atom is -0.397 e. The third kappa shape index (κ3) is 4.11. The van der Waals surface area contributed by atoms with Crippen molar-refractivity contribution in [3.63, 3.8) is 0 Å². The van der Waals surface area contributed by atoms with Gasteiger partial charge in [-0.3, -0.25) is 4.79 Å². The number of amides is 1. The van der Waals surface area contributed by atoms with Crippen LogP contribution in [-0.4, -0.2) is 56.5 Å². The second kappa shape index (κ2) is 6.80. The summed E-state index contributed by atoms with van der Waals surface area (Å²) < 4.78 is 0. The van der Waals surface area contributed by atoms with Crippen LogP contribution < -0.4 is 11.1 Å². The molecule has 1 unspecified atom stereocenters. The molecule has 1 atom stereocenters. The maximum atomic E-state index is 11.9. The van der Waals surface area contributed by atoms with E-state index in [2.05, 4.69) is 17.3 Å². The first-order valence-electron chi connectivity index (χ1n) is 7.51. The molecule has 5 nitrogen and oxygen atoms in total. The van der Waals surface area contributed by atoms with Gasteiger partial charge in [-0.2, -0.15) is 0 Å². The highest BCUT2D eigenvalue weighted by Crippen LogP contribution is 2.22. The van der Waals surface area contributed by atoms with Gasteiger partial charge in [0.1, 0.15) is 0 Å². The second-order valence-electron chi connectivity index (χ2n) is 6.15. The van der Waals surface area contributed by atoms with Crippen molar-refractivity contribution in [2.75, 3.05) is 51.8 Å². The SMILES string of the molecule is CN1CCCC(CNc2ccc(C(=O)N(C)C)cc2N)C1. The van der Waals surface area contributed by atoms with Crippen LogP contribution in [-0.2, 0) is 0 Å². The number of likely N-dealkylation sites (tertiary alicyclic amines) is 1. The van der Waals surface area contributed by atoms with Gasteiger partial charge >= 0.3 is 0 Å². The highest BCUT2D eigenvalue weighted by Gasteiger charge is 2.17.